The van der Waals surface area contributed by atoms with Gasteiger partial charge in [-0.25, -0.2) is 0 Å². The second kappa shape index (κ2) is 8.13. The number of guanidine groups is 1. The lowest BCUT2D eigenvalue weighted by atomic mass is 9.85. The molecular formula is C22H27N7O2. The average Bonchev–Trinajstić information content (AvgIpc) is 3.54. The molecule has 4 unspecified atom stereocenters. The van der Waals surface area contributed by atoms with Gasteiger partial charge in [0.2, 0.25) is 11.8 Å². The Morgan fingerprint density at radius 2 is 1.90 bits per heavy atom. The van der Waals surface area contributed by atoms with Crippen molar-refractivity contribution in [2.75, 3.05) is 26.2 Å². The minimum atomic E-state index is -0.137. The van der Waals surface area contributed by atoms with Crippen molar-refractivity contribution in [2.24, 2.45) is 28.7 Å². The zero-order chi connectivity index (χ0) is 21.4. The summed E-state index contributed by atoms with van der Waals surface area (Å²) in [6.45, 7) is 4.11. The molecule has 9 heteroatoms. The van der Waals surface area contributed by atoms with E-state index in [4.69, 9.17) is 0 Å². The lowest BCUT2D eigenvalue weighted by Gasteiger charge is -2.18. The molecule has 5 rings (SSSR count). The molecule has 4 atom stereocenters. The van der Waals surface area contributed by atoms with Crippen LogP contribution in [-0.2, 0) is 16.0 Å². The summed E-state index contributed by atoms with van der Waals surface area (Å²) in [4.78, 5) is 31.6. The van der Waals surface area contributed by atoms with Gasteiger partial charge in [-0.1, -0.05) is 18.2 Å². The van der Waals surface area contributed by atoms with Crippen molar-refractivity contribution >= 4 is 23.4 Å². The maximum absolute atomic E-state index is 12.8. The molecule has 2 aromatic heterocycles. The SMILES string of the molecule is CCNC(=NCCc1nnc2ccccn12)NCCN1C(=O)C2C3C=CC(C3)C2C1=O. The summed E-state index contributed by atoms with van der Waals surface area (Å²) in [6.07, 6.45) is 7.79. The third kappa shape index (κ3) is 3.47. The van der Waals surface area contributed by atoms with Crippen molar-refractivity contribution in [1.82, 2.24) is 30.1 Å². The number of amides is 2. The number of likely N-dealkylation sites (tertiary alicyclic amines) is 1. The number of aromatic nitrogens is 3. The Kier molecular flexibility index (Phi) is 5.17. The van der Waals surface area contributed by atoms with E-state index in [2.05, 4.69) is 38.0 Å². The van der Waals surface area contributed by atoms with Gasteiger partial charge in [0.05, 0.1) is 11.8 Å². The van der Waals surface area contributed by atoms with Gasteiger partial charge < -0.3 is 10.6 Å². The van der Waals surface area contributed by atoms with Crippen LogP contribution in [0.3, 0.4) is 0 Å². The topological polar surface area (TPSA) is 104 Å². The molecule has 162 valence electrons. The summed E-state index contributed by atoms with van der Waals surface area (Å²) in [6, 6.07) is 5.80. The molecule has 2 N–H and O–H groups in total. The number of allylic oxidation sites excluding steroid dienone is 2. The Morgan fingerprint density at radius 3 is 2.65 bits per heavy atom. The molecule has 2 fully saturated rings. The molecule has 2 aliphatic carbocycles. The van der Waals surface area contributed by atoms with E-state index >= 15 is 0 Å². The van der Waals surface area contributed by atoms with E-state index in [1.54, 1.807) is 0 Å². The summed E-state index contributed by atoms with van der Waals surface area (Å²) in [7, 11) is 0. The molecule has 1 saturated heterocycles. The minimum absolute atomic E-state index is 0.00530. The first-order valence-electron chi connectivity index (χ1n) is 11.0. The third-order valence-electron chi connectivity index (χ3n) is 6.52. The second-order valence-electron chi connectivity index (χ2n) is 8.31. The maximum Gasteiger partial charge on any atom is 0.233 e. The number of aliphatic imine (C=N–C) groups is 1. The zero-order valence-corrected chi connectivity index (χ0v) is 17.6. The van der Waals surface area contributed by atoms with E-state index in [-0.39, 0.29) is 35.5 Å². The molecular weight excluding hydrogens is 394 g/mol. The van der Waals surface area contributed by atoms with Gasteiger partial charge in [0, 0.05) is 38.8 Å². The number of hydrogen-bond acceptors (Lipinski definition) is 5. The highest BCUT2D eigenvalue weighted by atomic mass is 16.2. The molecule has 1 saturated carbocycles. The van der Waals surface area contributed by atoms with Crippen LogP contribution in [0, 0.1) is 23.7 Å². The van der Waals surface area contributed by atoms with E-state index < -0.39 is 0 Å². The highest BCUT2D eigenvalue weighted by Gasteiger charge is 2.58. The molecule has 3 aliphatic rings. The Balaban J connectivity index is 1.15. The summed E-state index contributed by atoms with van der Waals surface area (Å²) in [5.74, 6) is 1.73. The predicted octanol–water partition coefficient (Wildman–Crippen LogP) is 0.634. The molecule has 0 aromatic carbocycles. The quantitative estimate of drug-likeness (QED) is 0.294. The first-order valence-corrected chi connectivity index (χ1v) is 11.0. The maximum atomic E-state index is 12.8. The second-order valence-corrected chi connectivity index (χ2v) is 8.31. The van der Waals surface area contributed by atoms with Crippen molar-refractivity contribution in [2.45, 2.75) is 19.8 Å². The molecule has 2 bridgehead atoms. The largest absolute Gasteiger partial charge is 0.357 e. The Bertz CT molecular complexity index is 1030. The normalized spacial score (nSPS) is 26.9. The number of nitrogens with one attached hydrogen (secondary N) is 2. The molecule has 1 aliphatic heterocycles. The number of nitrogens with zero attached hydrogens (tertiary/aromatic N) is 5. The van der Waals surface area contributed by atoms with Crippen LogP contribution in [0.5, 0.6) is 0 Å². The highest BCUT2D eigenvalue weighted by molar-refractivity contribution is 6.06. The number of imide groups is 1. The monoisotopic (exact) mass is 421 g/mol. The van der Waals surface area contributed by atoms with Crippen molar-refractivity contribution in [3.63, 3.8) is 0 Å². The van der Waals surface area contributed by atoms with Gasteiger partial charge in [-0.05, 0) is 37.3 Å². The Labute approximate surface area is 180 Å². The Morgan fingerprint density at radius 1 is 1.13 bits per heavy atom. The summed E-state index contributed by atoms with van der Waals surface area (Å²) < 4.78 is 1.96. The molecule has 2 aromatic rings. The van der Waals surface area contributed by atoms with Gasteiger partial charge >= 0.3 is 0 Å². The lowest BCUT2D eigenvalue weighted by molar-refractivity contribution is -0.140. The van der Waals surface area contributed by atoms with Gasteiger partial charge in [-0.15, -0.1) is 10.2 Å². The van der Waals surface area contributed by atoms with Crippen LogP contribution in [-0.4, -0.2) is 63.5 Å². The number of rotatable bonds is 7. The van der Waals surface area contributed by atoms with Crippen LogP contribution < -0.4 is 10.6 Å². The van der Waals surface area contributed by atoms with Crippen LogP contribution in [0.15, 0.2) is 41.5 Å². The van der Waals surface area contributed by atoms with Gasteiger partial charge in [-0.3, -0.25) is 23.9 Å². The van der Waals surface area contributed by atoms with Crippen molar-refractivity contribution in [3.8, 4) is 0 Å². The van der Waals surface area contributed by atoms with Gasteiger partial charge in [0.1, 0.15) is 5.82 Å². The van der Waals surface area contributed by atoms with Crippen LogP contribution in [0.4, 0.5) is 0 Å². The lowest BCUT2D eigenvalue weighted by Crippen LogP contribution is -2.43. The number of carbonyl (C=O) groups excluding carboxylic acids is 2. The molecule has 0 radical (unpaired) electrons. The van der Waals surface area contributed by atoms with Crippen molar-refractivity contribution < 1.29 is 9.59 Å². The molecule has 2 amide bonds. The zero-order valence-electron chi connectivity index (χ0n) is 17.6. The van der Waals surface area contributed by atoms with E-state index in [1.807, 2.05) is 35.7 Å². The number of hydrogen-bond donors (Lipinski definition) is 2. The fourth-order valence-electron chi connectivity index (χ4n) is 5.14. The van der Waals surface area contributed by atoms with Crippen molar-refractivity contribution in [1.29, 1.82) is 0 Å². The van der Waals surface area contributed by atoms with E-state index in [1.165, 1.54) is 4.90 Å². The predicted molar refractivity (Wildman–Crippen MR) is 115 cm³/mol. The molecule has 0 spiro atoms. The summed E-state index contributed by atoms with van der Waals surface area (Å²) in [5, 5.41) is 14.8. The van der Waals surface area contributed by atoms with E-state index in [9.17, 15) is 9.59 Å². The van der Waals surface area contributed by atoms with Gasteiger partial charge in [0.25, 0.3) is 0 Å². The van der Waals surface area contributed by atoms with Crippen LogP contribution in [0.1, 0.15) is 19.2 Å². The first kappa shape index (κ1) is 19.7. The van der Waals surface area contributed by atoms with Gasteiger partial charge in [-0.2, -0.15) is 0 Å². The van der Waals surface area contributed by atoms with E-state index in [0.29, 0.717) is 32.0 Å². The van der Waals surface area contributed by atoms with Gasteiger partial charge in [0.15, 0.2) is 11.6 Å². The smallest absolute Gasteiger partial charge is 0.233 e. The van der Waals surface area contributed by atoms with E-state index in [0.717, 1.165) is 24.4 Å². The first-order chi connectivity index (χ1) is 15.2. The summed E-state index contributed by atoms with van der Waals surface area (Å²) in [5.41, 5.74) is 0.819. The standard InChI is InChI=1S/C22H27N7O2/c1-2-23-22(24-9-8-17-27-26-16-5-3-4-11-28(16)17)25-10-12-29-20(30)18-14-6-7-15(13-14)19(18)21(29)31/h3-7,11,14-15,18-19H,2,8-10,12-13H2,1H3,(H2,23,24,25). The fourth-order valence-corrected chi connectivity index (χ4v) is 5.14. The number of pyridine rings is 1. The van der Waals surface area contributed by atoms with Crippen LogP contribution in [0.25, 0.3) is 5.65 Å². The van der Waals surface area contributed by atoms with Crippen LogP contribution >= 0.6 is 0 Å². The average molecular weight is 422 g/mol. The summed E-state index contributed by atoms with van der Waals surface area (Å²) >= 11 is 0. The number of fused-ring (bicyclic) bond motifs is 6. The third-order valence-corrected chi connectivity index (χ3v) is 6.52. The van der Waals surface area contributed by atoms with Crippen molar-refractivity contribution in [3.05, 3.63) is 42.4 Å². The molecule has 9 nitrogen and oxygen atoms in total. The highest BCUT2D eigenvalue weighted by Crippen LogP contribution is 2.52. The molecule has 31 heavy (non-hydrogen) atoms. The number of carbonyl (C=O) groups is 2. The fraction of sp³-hybridized carbons (Fsp3) is 0.500. The molecule has 3 heterocycles. The van der Waals surface area contributed by atoms with Crippen LogP contribution in [0.2, 0.25) is 0 Å². The minimum Gasteiger partial charge on any atom is -0.357 e. The Hall–Kier alpha value is -3.23.